The zero-order valence-electron chi connectivity index (χ0n) is 11.0. The zero-order valence-corrected chi connectivity index (χ0v) is 11.8. The topological polar surface area (TPSA) is 84.1 Å². The Bertz CT molecular complexity index is 591. The van der Waals surface area contributed by atoms with Crippen molar-refractivity contribution in [3.05, 3.63) is 22.7 Å². The van der Waals surface area contributed by atoms with Crippen molar-refractivity contribution >= 4 is 17.2 Å². The quantitative estimate of drug-likeness (QED) is 0.890. The molecular weight excluding hydrogens is 278 g/mol. The van der Waals surface area contributed by atoms with Gasteiger partial charge in [-0.1, -0.05) is 0 Å². The summed E-state index contributed by atoms with van der Waals surface area (Å²) in [6, 6.07) is 1.83. The summed E-state index contributed by atoms with van der Waals surface area (Å²) in [5, 5.41) is 22.1. The van der Waals surface area contributed by atoms with E-state index >= 15 is 0 Å². The average molecular weight is 293 g/mol. The van der Waals surface area contributed by atoms with Crippen LogP contribution in [-0.2, 0) is 0 Å². The maximum Gasteiger partial charge on any atom is 0.265 e. The molecule has 0 saturated heterocycles. The molecule has 0 aromatic carbocycles. The molecule has 0 atom stereocenters. The van der Waals surface area contributed by atoms with Crippen LogP contribution in [0.5, 0.6) is 0 Å². The van der Waals surface area contributed by atoms with Crippen LogP contribution in [-0.4, -0.2) is 55.8 Å². The van der Waals surface area contributed by atoms with E-state index in [0.717, 1.165) is 12.8 Å². The third-order valence-corrected chi connectivity index (χ3v) is 4.42. The molecule has 20 heavy (non-hydrogen) atoms. The van der Waals surface area contributed by atoms with Gasteiger partial charge in [-0.2, -0.15) is 4.68 Å². The molecular formula is C12H15N5O2S. The molecule has 1 aliphatic carbocycles. The molecule has 1 fully saturated rings. The predicted molar refractivity (Wildman–Crippen MR) is 72.7 cm³/mol. The normalized spacial score (nSPS) is 21.5. The number of aromatic nitrogens is 4. The Morgan fingerprint density at radius 1 is 1.60 bits per heavy atom. The molecule has 1 N–H and O–H groups in total. The van der Waals surface area contributed by atoms with E-state index in [9.17, 15) is 9.90 Å². The van der Waals surface area contributed by atoms with Crippen molar-refractivity contribution in [3.63, 3.8) is 0 Å². The van der Waals surface area contributed by atoms with Crippen molar-refractivity contribution in [1.82, 2.24) is 25.1 Å². The lowest BCUT2D eigenvalue weighted by Gasteiger charge is -2.34. The first-order chi connectivity index (χ1) is 9.65. The second-order valence-corrected chi connectivity index (χ2v) is 5.98. The maximum atomic E-state index is 12.5. The lowest BCUT2D eigenvalue weighted by Crippen LogP contribution is -2.39. The molecule has 2 aromatic heterocycles. The molecule has 0 radical (unpaired) electrons. The van der Waals surface area contributed by atoms with Gasteiger partial charge in [-0.15, -0.1) is 16.4 Å². The predicted octanol–water partition coefficient (Wildman–Crippen LogP) is 0.567. The van der Waals surface area contributed by atoms with Gasteiger partial charge in [-0.05, 0) is 40.6 Å². The minimum Gasteiger partial charge on any atom is -0.393 e. The van der Waals surface area contributed by atoms with E-state index in [4.69, 9.17) is 0 Å². The van der Waals surface area contributed by atoms with Gasteiger partial charge in [0.2, 0.25) is 0 Å². The monoisotopic (exact) mass is 293 g/mol. The van der Waals surface area contributed by atoms with Gasteiger partial charge in [0.05, 0.1) is 11.8 Å². The summed E-state index contributed by atoms with van der Waals surface area (Å²) in [4.78, 5) is 14.8. The maximum absolute atomic E-state index is 12.5. The second kappa shape index (κ2) is 5.29. The van der Waals surface area contributed by atoms with E-state index in [1.165, 1.54) is 22.3 Å². The number of nitrogens with zero attached hydrogens (tertiary/aromatic N) is 5. The highest BCUT2D eigenvalue weighted by Crippen LogP contribution is 2.29. The van der Waals surface area contributed by atoms with Crippen LogP contribution in [0, 0.1) is 5.92 Å². The molecule has 1 amide bonds. The first-order valence-corrected chi connectivity index (χ1v) is 7.27. The van der Waals surface area contributed by atoms with Crippen LogP contribution in [0.2, 0.25) is 0 Å². The molecule has 7 nitrogen and oxygen atoms in total. The summed E-state index contributed by atoms with van der Waals surface area (Å²) in [6.07, 6.45) is 2.84. The molecule has 3 rings (SSSR count). The summed E-state index contributed by atoms with van der Waals surface area (Å²) in [6.45, 7) is 0.669. The van der Waals surface area contributed by atoms with Crippen molar-refractivity contribution in [2.45, 2.75) is 18.9 Å². The van der Waals surface area contributed by atoms with Crippen molar-refractivity contribution in [3.8, 4) is 5.69 Å². The van der Waals surface area contributed by atoms with Crippen LogP contribution in [0.4, 0.5) is 0 Å². The Balaban J connectivity index is 1.72. The summed E-state index contributed by atoms with van der Waals surface area (Å²) in [7, 11) is 1.79. The van der Waals surface area contributed by atoms with Crippen molar-refractivity contribution in [2.24, 2.45) is 5.92 Å². The first-order valence-electron chi connectivity index (χ1n) is 6.39. The van der Waals surface area contributed by atoms with Gasteiger partial charge in [0.25, 0.3) is 5.91 Å². The summed E-state index contributed by atoms with van der Waals surface area (Å²) in [5.41, 5.74) is 0.700. The van der Waals surface area contributed by atoms with Crippen LogP contribution in [0.1, 0.15) is 22.5 Å². The Morgan fingerprint density at radius 2 is 2.40 bits per heavy atom. The van der Waals surface area contributed by atoms with Crippen molar-refractivity contribution in [1.29, 1.82) is 0 Å². The molecule has 0 bridgehead atoms. The van der Waals surface area contributed by atoms with E-state index in [0.29, 0.717) is 23.0 Å². The lowest BCUT2D eigenvalue weighted by atomic mass is 9.82. The zero-order chi connectivity index (χ0) is 14.1. The number of aliphatic hydroxyl groups is 1. The molecule has 2 aromatic rings. The fourth-order valence-electron chi connectivity index (χ4n) is 2.41. The van der Waals surface area contributed by atoms with E-state index in [1.807, 2.05) is 11.4 Å². The number of aliphatic hydroxyl groups excluding tert-OH is 1. The molecule has 2 heterocycles. The number of hydrogen-bond acceptors (Lipinski definition) is 6. The Kier molecular flexibility index (Phi) is 3.49. The van der Waals surface area contributed by atoms with Crippen LogP contribution >= 0.6 is 11.3 Å². The van der Waals surface area contributed by atoms with E-state index < -0.39 is 0 Å². The van der Waals surface area contributed by atoms with Crippen molar-refractivity contribution in [2.75, 3.05) is 13.6 Å². The van der Waals surface area contributed by atoms with Crippen LogP contribution in [0.3, 0.4) is 0 Å². The lowest BCUT2D eigenvalue weighted by molar-refractivity contribution is 0.0266. The molecule has 8 heteroatoms. The van der Waals surface area contributed by atoms with Crippen LogP contribution < -0.4 is 0 Å². The van der Waals surface area contributed by atoms with E-state index in [-0.39, 0.29) is 12.0 Å². The summed E-state index contributed by atoms with van der Waals surface area (Å²) < 4.78 is 1.49. The average Bonchev–Trinajstić information content (AvgIpc) is 3.05. The van der Waals surface area contributed by atoms with Crippen LogP contribution in [0.25, 0.3) is 5.69 Å². The van der Waals surface area contributed by atoms with Gasteiger partial charge >= 0.3 is 0 Å². The Morgan fingerprint density at radius 3 is 3.05 bits per heavy atom. The third kappa shape index (κ3) is 2.44. The van der Waals surface area contributed by atoms with Gasteiger partial charge in [0, 0.05) is 13.6 Å². The molecule has 1 saturated carbocycles. The number of carbonyl (C=O) groups is 1. The number of carbonyl (C=O) groups excluding carboxylic acids is 1. The number of thiophene rings is 1. The highest BCUT2D eigenvalue weighted by Gasteiger charge is 2.30. The van der Waals surface area contributed by atoms with Gasteiger partial charge in [0.1, 0.15) is 11.2 Å². The first kappa shape index (κ1) is 13.2. The van der Waals surface area contributed by atoms with Crippen molar-refractivity contribution < 1.29 is 9.90 Å². The molecule has 0 spiro atoms. The Labute approximate surface area is 119 Å². The standard InChI is InChI=1S/C12H15N5O2S/c1-16(6-8-4-9(18)5-8)12(19)11-10(2-3-20-11)17-7-13-14-15-17/h2-3,7-9,18H,4-6H2,1H3. The van der Waals surface area contributed by atoms with Gasteiger partial charge in [0.15, 0.2) is 0 Å². The minimum atomic E-state index is -0.193. The minimum absolute atomic E-state index is 0.0353. The smallest absolute Gasteiger partial charge is 0.265 e. The number of tetrazole rings is 1. The number of rotatable bonds is 4. The van der Waals surface area contributed by atoms with E-state index in [2.05, 4.69) is 15.5 Å². The highest BCUT2D eigenvalue weighted by atomic mass is 32.1. The van der Waals surface area contributed by atoms with Gasteiger partial charge in [-0.3, -0.25) is 4.79 Å². The molecule has 0 aliphatic heterocycles. The van der Waals surface area contributed by atoms with Crippen LogP contribution in [0.15, 0.2) is 17.8 Å². The summed E-state index contributed by atoms with van der Waals surface area (Å²) >= 11 is 1.38. The summed E-state index contributed by atoms with van der Waals surface area (Å²) in [5.74, 6) is 0.363. The second-order valence-electron chi connectivity index (χ2n) is 5.07. The van der Waals surface area contributed by atoms with E-state index in [1.54, 1.807) is 11.9 Å². The molecule has 106 valence electrons. The molecule has 0 unspecified atom stereocenters. The number of hydrogen-bond donors (Lipinski definition) is 1. The van der Waals surface area contributed by atoms with Gasteiger partial charge < -0.3 is 10.0 Å². The fraction of sp³-hybridized carbons (Fsp3) is 0.500. The fourth-order valence-corrected chi connectivity index (χ4v) is 3.28. The van der Waals surface area contributed by atoms with Gasteiger partial charge in [-0.25, -0.2) is 0 Å². The third-order valence-electron chi connectivity index (χ3n) is 3.52. The SMILES string of the molecule is CN(CC1CC(O)C1)C(=O)c1sccc1-n1cnnn1. The largest absolute Gasteiger partial charge is 0.393 e. The Hall–Kier alpha value is -1.80. The highest BCUT2D eigenvalue weighted by molar-refractivity contribution is 7.12. The molecule has 1 aliphatic rings. The number of amides is 1.